The zero-order valence-electron chi connectivity index (χ0n) is 14.3. The summed E-state index contributed by atoms with van der Waals surface area (Å²) < 4.78 is 1.64. The van der Waals surface area contributed by atoms with Crippen molar-refractivity contribution in [3.05, 3.63) is 86.9 Å². The highest BCUT2D eigenvalue weighted by Gasteiger charge is 2.18. The second-order valence-electron chi connectivity index (χ2n) is 5.91. The summed E-state index contributed by atoms with van der Waals surface area (Å²) in [6.07, 6.45) is 0. The lowest BCUT2D eigenvalue weighted by Crippen LogP contribution is -2.13. The topological polar surface area (TPSA) is 85.1 Å². The molecule has 8 heteroatoms. The van der Waals surface area contributed by atoms with Gasteiger partial charge in [0.25, 0.3) is 11.6 Å². The molecule has 0 unspecified atom stereocenters. The molecule has 3 aromatic carbocycles. The number of anilines is 1. The van der Waals surface area contributed by atoms with Gasteiger partial charge in [0.2, 0.25) is 0 Å². The van der Waals surface area contributed by atoms with Gasteiger partial charge in [-0.3, -0.25) is 14.9 Å². The van der Waals surface area contributed by atoms with Crippen molar-refractivity contribution in [1.82, 2.24) is 4.98 Å². The summed E-state index contributed by atoms with van der Waals surface area (Å²) in [5.74, 6) is -0.365. The van der Waals surface area contributed by atoms with E-state index in [-0.39, 0.29) is 11.6 Å². The van der Waals surface area contributed by atoms with Gasteiger partial charge >= 0.3 is 0 Å². The van der Waals surface area contributed by atoms with Crippen LogP contribution in [0.15, 0.2) is 71.2 Å². The average molecular weight is 454 g/mol. The van der Waals surface area contributed by atoms with Gasteiger partial charge in [0, 0.05) is 22.2 Å². The Hall–Kier alpha value is -3.10. The van der Waals surface area contributed by atoms with Crippen LogP contribution in [-0.2, 0) is 0 Å². The van der Waals surface area contributed by atoms with Crippen molar-refractivity contribution < 1.29 is 9.72 Å². The molecule has 4 rings (SSSR count). The fourth-order valence-corrected chi connectivity index (χ4v) is 4.23. The van der Waals surface area contributed by atoms with Crippen molar-refractivity contribution in [3.8, 4) is 10.6 Å². The summed E-state index contributed by atoms with van der Waals surface area (Å²) in [6.45, 7) is 0. The van der Waals surface area contributed by atoms with Crippen LogP contribution in [0.25, 0.3) is 20.8 Å². The monoisotopic (exact) mass is 453 g/mol. The van der Waals surface area contributed by atoms with Crippen LogP contribution in [0, 0.1) is 10.1 Å². The lowest BCUT2D eigenvalue weighted by molar-refractivity contribution is -0.384. The number of halogens is 1. The first-order valence-electron chi connectivity index (χ1n) is 8.23. The molecule has 0 fully saturated rings. The number of aromatic nitrogens is 1. The predicted molar refractivity (Wildman–Crippen MR) is 114 cm³/mol. The number of benzene rings is 3. The third-order valence-electron chi connectivity index (χ3n) is 4.10. The Labute approximate surface area is 172 Å². The number of amides is 1. The Bertz CT molecular complexity index is 1190. The second kappa shape index (κ2) is 7.49. The van der Waals surface area contributed by atoms with Crippen molar-refractivity contribution in [2.24, 2.45) is 0 Å². The largest absolute Gasteiger partial charge is 0.321 e. The van der Waals surface area contributed by atoms with E-state index in [4.69, 9.17) is 0 Å². The van der Waals surface area contributed by atoms with Crippen LogP contribution >= 0.6 is 27.3 Å². The first kappa shape index (κ1) is 18.3. The normalized spacial score (nSPS) is 10.8. The minimum Gasteiger partial charge on any atom is -0.321 e. The number of carbonyl (C=O) groups is 1. The number of fused-ring (bicyclic) bond motifs is 1. The molecule has 0 saturated carbocycles. The Morgan fingerprint density at radius 3 is 2.57 bits per heavy atom. The van der Waals surface area contributed by atoms with E-state index in [0.29, 0.717) is 26.3 Å². The van der Waals surface area contributed by atoms with E-state index in [2.05, 4.69) is 26.2 Å². The molecule has 0 aliphatic carbocycles. The molecule has 0 aliphatic heterocycles. The first-order chi connectivity index (χ1) is 13.5. The predicted octanol–water partition coefficient (Wildman–Crippen LogP) is 5.89. The van der Waals surface area contributed by atoms with Gasteiger partial charge in [0.15, 0.2) is 0 Å². The molecule has 1 amide bonds. The number of nitro groups is 1. The molecular formula is C20H12BrN3O3S. The third-order valence-corrected chi connectivity index (χ3v) is 5.87. The first-order valence-corrected chi connectivity index (χ1v) is 9.84. The van der Waals surface area contributed by atoms with E-state index >= 15 is 0 Å². The van der Waals surface area contributed by atoms with Gasteiger partial charge in [-0.05, 0) is 46.3 Å². The van der Waals surface area contributed by atoms with Crippen LogP contribution in [0.5, 0.6) is 0 Å². The lowest BCUT2D eigenvalue weighted by Gasteiger charge is -2.10. The van der Waals surface area contributed by atoms with E-state index < -0.39 is 4.92 Å². The van der Waals surface area contributed by atoms with Crippen molar-refractivity contribution in [1.29, 1.82) is 0 Å². The standard InChI is InChI=1S/C20H12BrN3O3S/c21-15-6-2-1-5-13(15)19(25)22-17-11-12(24(26)27)9-10-14(17)20-23-16-7-3-4-8-18(16)28-20/h1-11H,(H,22,25). The van der Waals surface area contributed by atoms with Gasteiger partial charge in [-0.2, -0.15) is 0 Å². The fourth-order valence-electron chi connectivity index (χ4n) is 2.76. The molecule has 0 aliphatic rings. The summed E-state index contributed by atoms with van der Waals surface area (Å²) >= 11 is 4.82. The molecule has 1 heterocycles. The number of non-ortho nitro benzene ring substituents is 1. The van der Waals surface area contributed by atoms with Crippen LogP contribution < -0.4 is 5.32 Å². The maximum atomic E-state index is 12.7. The molecule has 0 bridgehead atoms. The van der Waals surface area contributed by atoms with E-state index in [0.717, 1.165) is 10.2 Å². The number of para-hydroxylation sites is 1. The minimum atomic E-state index is -0.490. The summed E-state index contributed by atoms with van der Waals surface area (Å²) in [7, 11) is 0. The van der Waals surface area contributed by atoms with Crippen molar-refractivity contribution in [2.75, 3.05) is 5.32 Å². The van der Waals surface area contributed by atoms with Gasteiger partial charge in [0.1, 0.15) is 5.01 Å². The number of carbonyl (C=O) groups excluding carboxylic acids is 1. The Balaban J connectivity index is 1.80. The molecule has 28 heavy (non-hydrogen) atoms. The number of nitrogens with zero attached hydrogens (tertiary/aromatic N) is 2. The van der Waals surface area contributed by atoms with Crippen LogP contribution in [0.4, 0.5) is 11.4 Å². The molecule has 0 saturated heterocycles. The summed E-state index contributed by atoms with van der Waals surface area (Å²) in [5.41, 5.74) is 2.14. The SMILES string of the molecule is O=C(Nc1cc([N+](=O)[O-])ccc1-c1nc2ccccc2s1)c1ccccc1Br. The fraction of sp³-hybridized carbons (Fsp3) is 0. The van der Waals surface area contributed by atoms with Crippen LogP contribution in [0.1, 0.15) is 10.4 Å². The molecule has 4 aromatic rings. The third kappa shape index (κ3) is 3.51. The quantitative estimate of drug-likeness (QED) is 0.308. The highest BCUT2D eigenvalue weighted by Crippen LogP contribution is 2.36. The van der Waals surface area contributed by atoms with E-state index in [1.165, 1.54) is 23.5 Å². The summed E-state index contributed by atoms with van der Waals surface area (Å²) in [5, 5.41) is 14.7. The molecule has 1 N–H and O–H groups in total. The molecule has 6 nitrogen and oxygen atoms in total. The summed E-state index contributed by atoms with van der Waals surface area (Å²) in [4.78, 5) is 28.1. The zero-order valence-corrected chi connectivity index (χ0v) is 16.7. The Morgan fingerprint density at radius 2 is 1.82 bits per heavy atom. The molecule has 138 valence electrons. The maximum Gasteiger partial charge on any atom is 0.271 e. The minimum absolute atomic E-state index is 0.104. The average Bonchev–Trinajstić information content (AvgIpc) is 3.12. The maximum absolute atomic E-state index is 12.7. The Morgan fingerprint density at radius 1 is 1.07 bits per heavy atom. The lowest BCUT2D eigenvalue weighted by atomic mass is 10.1. The van der Waals surface area contributed by atoms with Gasteiger partial charge < -0.3 is 5.32 Å². The van der Waals surface area contributed by atoms with E-state index in [1.54, 1.807) is 30.3 Å². The number of nitro benzene ring substituents is 1. The van der Waals surface area contributed by atoms with Gasteiger partial charge in [-0.15, -0.1) is 11.3 Å². The highest BCUT2D eigenvalue weighted by molar-refractivity contribution is 9.10. The van der Waals surface area contributed by atoms with Crippen molar-refractivity contribution in [3.63, 3.8) is 0 Å². The molecule has 0 radical (unpaired) electrons. The number of thiazole rings is 1. The molecule has 0 spiro atoms. The zero-order chi connectivity index (χ0) is 19.7. The van der Waals surface area contributed by atoms with Crippen LogP contribution in [0.2, 0.25) is 0 Å². The molecule has 0 atom stereocenters. The second-order valence-corrected chi connectivity index (χ2v) is 7.79. The van der Waals surface area contributed by atoms with Gasteiger partial charge in [-0.1, -0.05) is 24.3 Å². The smallest absolute Gasteiger partial charge is 0.271 e. The number of hydrogen-bond acceptors (Lipinski definition) is 5. The van der Waals surface area contributed by atoms with E-state index in [9.17, 15) is 14.9 Å². The molecule has 1 aromatic heterocycles. The number of hydrogen-bond donors (Lipinski definition) is 1. The highest BCUT2D eigenvalue weighted by atomic mass is 79.9. The van der Waals surface area contributed by atoms with E-state index in [1.807, 2.05) is 24.3 Å². The van der Waals surface area contributed by atoms with Gasteiger partial charge in [0.05, 0.1) is 26.4 Å². The summed E-state index contributed by atoms with van der Waals surface area (Å²) in [6, 6.07) is 19.1. The van der Waals surface area contributed by atoms with Crippen molar-refractivity contribution >= 4 is 54.8 Å². The number of rotatable bonds is 4. The van der Waals surface area contributed by atoms with Crippen LogP contribution in [-0.4, -0.2) is 15.8 Å². The van der Waals surface area contributed by atoms with Crippen molar-refractivity contribution in [2.45, 2.75) is 0 Å². The molecular weight excluding hydrogens is 442 g/mol. The van der Waals surface area contributed by atoms with Crippen LogP contribution in [0.3, 0.4) is 0 Å². The Kier molecular flexibility index (Phi) is 4.89. The van der Waals surface area contributed by atoms with Gasteiger partial charge in [-0.25, -0.2) is 4.98 Å². The number of nitrogens with one attached hydrogen (secondary N) is 1.